The Balaban J connectivity index is 2.58. The van der Waals surface area contributed by atoms with E-state index in [0.717, 1.165) is 11.1 Å². The SMILES string of the molecule is CC(=O)C(C)(c1ccccc1)c1ccc(Cl)cc1. The molecule has 2 rings (SSSR count). The topological polar surface area (TPSA) is 17.1 Å². The summed E-state index contributed by atoms with van der Waals surface area (Å²) in [5.41, 5.74) is 1.34. The lowest BCUT2D eigenvalue weighted by Gasteiger charge is -2.28. The van der Waals surface area contributed by atoms with Crippen LogP contribution in [0.25, 0.3) is 0 Å². The zero-order valence-electron chi connectivity index (χ0n) is 10.5. The van der Waals surface area contributed by atoms with E-state index in [-0.39, 0.29) is 5.78 Å². The third-order valence-electron chi connectivity index (χ3n) is 3.48. The van der Waals surface area contributed by atoms with E-state index in [2.05, 4.69) is 0 Å². The number of carbonyl (C=O) groups excluding carboxylic acids is 1. The number of halogens is 1. The molecule has 0 amide bonds. The minimum absolute atomic E-state index is 0.121. The van der Waals surface area contributed by atoms with Gasteiger partial charge in [-0.25, -0.2) is 0 Å². The summed E-state index contributed by atoms with van der Waals surface area (Å²) >= 11 is 5.90. The van der Waals surface area contributed by atoms with Gasteiger partial charge >= 0.3 is 0 Å². The smallest absolute Gasteiger partial charge is 0.144 e. The molecular weight excluding hydrogens is 244 g/mol. The van der Waals surface area contributed by atoms with Crippen molar-refractivity contribution in [3.8, 4) is 0 Å². The predicted molar refractivity (Wildman–Crippen MR) is 75.0 cm³/mol. The Morgan fingerprint density at radius 2 is 1.44 bits per heavy atom. The molecule has 0 saturated heterocycles. The predicted octanol–water partition coefficient (Wildman–Crippen LogP) is 4.24. The molecule has 0 N–H and O–H groups in total. The van der Waals surface area contributed by atoms with Crippen molar-refractivity contribution in [2.45, 2.75) is 19.3 Å². The summed E-state index contributed by atoms with van der Waals surface area (Å²) in [5.74, 6) is 0.121. The van der Waals surface area contributed by atoms with Gasteiger partial charge in [-0.1, -0.05) is 54.1 Å². The van der Waals surface area contributed by atoms with E-state index in [9.17, 15) is 4.79 Å². The van der Waals surface area contributed by atoms with Gasteiger partial charge in [-0.05, 0) is 37.1 Å². The van der Waals surface area contributed by atoms with Gasteiger partial charge in [-0.3, -0.25) is 4.79 Å². The second-order valence-electron chi connectivity index (χ2n) is 4.55. The Kier molecular flexibility index (Phi) is 3.53. The minimum atomic E-state index is -0.619. The van der Waals surface area contributed by atoms with Crippen molar-refractivity contribution in [3.05, 3.63) is 70.7 Å². The average molecular weight is 259 g/mol. The van der Waals surface area contributed by atoms with Crippen LogP contribution in [-0.4, -0.2) is 5.78 Å². The molecule has 0 radical (unpaired) electrons. The number of carbonyl (C=O) groups is 1. The summed E-state index contributed by atoms with van der Waals surface area (Å²) in [6.45, 7) is 3.58. The van der Waals surface area contributed by atoms with E-state index in [1.807, 2.05) is 61.5 Å². The average Bonchev–Trinajstić information content (AvgIpc) is 2.39. The molecule has 0 fully saturated rings. The van der Waals surface area contributed by atoms with E-state index in [4.69, 9.17) is 11.6 Å². The molecule has 18 heavy (non-hydrogen) atoms. The molecule has 2 aromatic carbocycles. The molecule has 0 heterocycles. The van der Waals surface area contributed by atoms with Gasteiger partial charge < -0.3 is 0 Å². The van der Waals surface area contributed by atoms with Crippen molar-refractivity contribution in [2.75, 3.05) is 0 Å². The number of hydrogen-bond donors (Lipinski definition) is 0. The number of hydrogen-bond acceptors (Lipinski definition) is 1. The second-order valence-corrected chi connectivity index (χ2v) is 4.99. The first kappa shape index (κ1) is 12.8. The van der Waals surface area contributed by atoms with Gasteiger partial charge in [-0.15, -0.1) is 0 Å². The molecule has 0 spiro atoms. The summed E-state index contributed by atoms with van der Waals surface area (Å²) in [6.07, 6.45) is 0. The summed E-state index contributed by atoms with van der Waals surface area (Å²) in [5, 5.41) is 0.678. The lowest BCUT2D eigenvalue weighted by molar-refractivity contribution is -0.120. The van der Waals surface area contributed by atoms with Gasteiger partial charge in [0.25, 0.3) is 0 Å². The summed E-state index contributed by atoms with van der Waals surface area (Å²) in [7, 11) is 0. The fourth-order valence-electron chi connectivity index (χ4n) is 2.13. The summed E-state index contributed by atoms with van der Waals surface area (Å²) in [6, 6.07) is 17.3. The molecule has 0 saturated carbocycles. The zero-order valence-corrected chi connectivity index (χ0v) is 11.2. The molecule has 92 valence electrons. The van der Waals surface area contributed by atoms with E-state index in [0.29, 0.717) is 5.02 Å². The number of benzene rings is 2. The van der Waals surface area contributed by atoms with Gasteiger partial charge in [0.15, 0.2) is 0 Å². The Bertz CT molecular complexity index is 545. The van der Waals surface area contributed by atoms with Gasteiger partial charge in [0.2, 0.25) is 0 Å². The highest BCUT2D eigenvalue weighted by Gasteiger charge is 2.33. The third kappa shape index (κ3) is 2.19. The van der Waals surface area contributed by atoms with E-state index < -0.39 is 5.41 Å². The Morgan fingerprint density at radius 1 is 0.944 bits per heavy atom. The first-order valence-electron chi connectivity index (χ1n) is 5.88. The Labute approximate surface area is 112 Å². The van der Waals surface area contributed by atoms with E-state index in [1.165, 1.54) is 0 Å². The van der Waals surface area contributed by atoms with Crippen LogP contribution in [0.3, 0.4) is 0 Å². The molecule has 0 aliphatic carbocycles. The van der Waals surface area contributed by atoms with Crippen LogP contribution in [0.2, 0.25) is 5.02 Å². The highest BCUT2D eigenvalue weighted by molar-refractivity contribution is 6.30. The van der Waals surface area contributed by atoms with Crippen molar-refractivity contribution in [3.63, 3.8) is 0 Å². The first-order valence-corrected chi connectivity index (χ1v) is 6.25. The molecule has 0 aliphatic rings. The van der Waals surface area contributed by atoms with Crippen molar-refractivity contribution < 1.29 is 4.79 Å². The molecule has 0 aromatic heterocycles. The number of Topliss-reactive ketones (excluding diaryl/α,β-unsaturated/α-hetero) is 1. The van der Waals surface area contributed by atoms with Crippen LogP contribution in [-0.2, 0) is 10.2 Å². The standard InChI is InChI=1S/C16H15ClO/c1-12(18)16(2,13-6-4-3-5-7-13)14-8-10-15(17)11-9-14/h3-11H,1-2H3. The van der Waals surface area contributed by atoms with Gasteiger partial charge in [0.05, 0.1) is 5.41 Å². The second kappa shape index (κ2) is 4.95. The lowest BCUT2D eigenvalue weighted by Crippen LogP contribution is -2.31. The van der Waals surface area contributed by atoms with Crippen LogP contribution in [0, 0.1) is 0 Å². The maximum absolute atomic E-state index is 12.1. The maximum atomic E-state index is 12.1. The van der Waals surface area contributed by atoms with Crippen molar-refractivity contribution >= 4 is 17.4 Å². The van der Waals surface area contributed by atoms with Crippen molar-refractivity contribution in [1.29, 1.82) is 0 Å². The van der Waals surface area contributed by atoms with Crippen molar-refractivity contribution in [1.82, 2.24) is 0 Å². The Morgan fingerprint density at radius 3 is 1.94 bits per heavy atom. The molecule has 0 aliphatic heterocycles. The quantitative estimate of drug-likeness (QED) is 0.805. The van der Waals surface area contributed by atoms with E-state index in [1.54, 1.807) is 6.92 Å². The first-order chi connectivity index (χ1) is 8.55. The van der Waals surface area contributed by atoms with Gasteiger partial charge in [0.1, 0.15) is 5.78 Å². The van der Waals surface area contributed by atoms with E-state index >= 15 is 0 Å². The fraction of sp³-hybridized carbons (Fsp3) is 0.188. The van der Waals surface area contributed by atoms with Crippen LogP contribution in [0.5, 0.6) is 0 Å². The highest BCUT2D eigenvalue weighted by atomic mass is 35.5. The molecule has 0 bridgehead atoms. The van der Waals surface area contributed by atoms with Crippen LogP contribution in [0.15, 0.2) is 54.6 Å². The largest absolute Gasteiger partial charge is 0.299 e. The monoisotopic (exact) mass is 258 g/mol. The van der Waals surface area contributed by atoms with Crippen LogP contribution >= 0.6 is 11.6 Å². The third-order valence-corrected chi connectivity index (χ3v) is 3.73. The lowest BCUT2D eigenvalue weighted by atomic mass is 9.73. The maximum Gasteiger partial charge on any atom is 0.144 e. The normalized spacial score (nSPS) is 13.9. The van der Waals surface area contributed by atoms with Gasteiger partial charge in [-0.2, -0.15) is 0 Å². The van der Waals surface area contributed by atoms with Gasteiger partial charge in [0, 0.05) is 5.02 Å². The molecule has 1 atom stereocenters. The summed E-state index contributed by atoms with van der Waals surface area (Å²) < 4.78 is 0. The Hall–Kier alpha value is -1.60. The highest BCUT2D eigenvalue weighted by Crippen LogP contribution is 2.33. The fourth-order valence-corrected chi connectivity index (χ4v) is 2.25. The molecule has 1 unspecified atom stereocenters. The molecule has 2 aromatic rings. The number of ketones is 1. The molecule has 1 nitrogen and oxygen atoms in total. The van der Waals surface area contributed by atoms with Crippen LogP contribution < -0.4 is 0 Å². The van der Waals surface area contributed by atoms with Crippen molar-refractivity contribution in [2.24, 2.45) is 0 Å². The summed E-state index contributed by atoms with van der Waals surface area (Å²) in [4.78, 5) is 12.1. The number of rotatable bonds is 3. The molecule has 2 heteroatoms. The van der Waals surface area contributed by atoms with Crippen LogP contribution in [0.1, 0.15) is 25.0 Å². The zero-order chi connectivity index (χ0) is 13.2. The van der Waals surface area contributed by atoms with Crippen LogP contribution in [0.4, 0.5) is 0 Å². The molecular formula is C16H15ClO. The minimum Gasteiger partial charge on any atom is -0.299 e.